The lowest BCUT2D eigenvalue weighted by molar-refractivity contribution is -0.141. The zero-order chi connectivity index (χ0) is 13.6. The minimum atomic E-state index is -4.43. The van der Waals surface area contributed by atoms with Gasteiger partial charge in [0, 0.05) is 30.9 Å². The molecule has 0 bridgehead atoms. The Balaban J connectivity index is 2.54. The standard InChI is InChI=1S/C12H10F3NOS/c1-9(17)18-7-3-2-4-10-5-6-11(16-8-10)12(13,14)15/h5-6,8H,3,7H2,1H3. The number of carbonyl (C=O) groups excluding carboxylic acids is 1. The van der Waals surface area contributed by atoms with Gasteiger partial charge in [0.05, 0.1) is 0 Å². The molecule has 0 amide bonds. The maximum absolute atomic E-state index is 12.2. The van der Waals surface area contributed by atoms with Gasteiger partial charge >= 0.3 is 6.18 Å². The average Bonchev–Trinajstić information content (AvgIpc) is 2.27. The van der Waals surface area contributed by atoms with Crippen molar-refractivity contribution >= 4 is 16.9 Å². The zero-order valence-corrected chi connectivity index (χ0v) is 10.4. The number of alkyl halides is 3. The first-order valence-corrected chi connectivity index (χ1v) is 6.03. The van der Waals surface area contributed by atoms with Crippen LogP contribution in [-0.4, -0.2) is 15.9 Å². The molecule has 1 rings (SSSR count). The van der Waals surface area contributed by atoms with Gasteiger partial charge in [-0.15, -0.1) is 0 Å². The van der Waals surface area contributed by atoms with Crippen LogP contribution < -0.4 is 0 Å². The van der Waals surface area contributed by atoms with E-state index >= 15 is 0 Å². The average molecular weight is 273 g/mol. The van der Waals surface area contributed by atoms with Crippen molar-refractivity contribution in [1.29, 1.82) is 0 Å². The van der Waals surface area contributed by atoms with E-state index in [1.54, 1.807) is 0 Å². The maximum atomic E-state index is 12.2. The normalized spacial score (nSPS) is 10.7. The molecule has 0 aromatic carbocycles. The molecular weight excluding hydrogens is 263 g/mol. The van der Waals surface area contributed by atoms with Crippen LogP contribution >= 0.6 is 11.8 Å². The molecule has 0 atom stereocenters. The fraction of sp³-hybridized carbons (Fsp3) is 0.333. The maximum Gasteiger partial charge on any atom is 0.433 e. The van der Waals surface area contributed by atoms with Gasteiger partial charge in [-0.2, -0.15) is 13.2 Å². The van der Waals surface area contributed by atoms with Crippen LogP contribution in [0.1, 0.15) is 24.6 Å². The van der Waals surface area contributed by atoms with E-state index in [4.69, 9.17) is 0 Å². The third-order valence-electron chi connectivity index (χ3n) is 1.82. The van der Waals surface area contributed by atoms with Gasteiger partial charge in [0.1, 0.15) is 5.69 Å². The summed E-state index contributed by atoms with van der Waals surface area (Å²) >= 11 is 1.17. The summed E-state index contributed by atoms with van der Waals surface area (Å²) in [6.45, 7) is 1.47. The molecule has 18 heavy (non-hydrogen) atoms. The van der Waals surface area contributed by atoms with Crippen LogP contribution in [0.3, 0.4) is 0 Å². The first kappa shape index (κ1) is 14.6. The molecule has 2 nitrogen and oxygen atoms in total. The van der Waals surface area contributed by atoms with Gasteiger partial charge in [-0.05, 0) is 12.1 Å². The van der Waals surface area contributed by atoms with Crippen molar-refractivity contribution in [3.63, 3.8) is 0 Å². The quantitative estimate of drug-likeness (QED) is 0.612. The summed E-state index contributed by atoms with van der Waals surface area (Å²) < 4.78 is 36.6. The van der Waals surface area contributed by atoms with Crippen molar-refractivity contribution in [2.45, 2.75) is 19.5 Å². The second-order valence-corrected chi connectivity index (χ2v) is 4.59. The second kappa shape index (κ2) is 6.45. The van der Waals surface area contributed by atoms with Crippen molar-refractivity contribution in [2.24, 2.45) is 0 Å². The zero-order valence-electron chi connectivity index (χ0n) is 9.54. The number of nitrogens with zero attached hydrogens (tertiary/aromatic N) is 1. The highest BCUT2D eigenvalue weighted by Gasteiger charge is 2.31. The molecular formula is C12H10F3NOS. The summed E-state index contributed by atoms with van der Waals surface area (Å²) in [7, 11) is 0. The number of halogens is 3. The second-order valence-electron chi connectivity index (χ2n) is 3.32. The Hall–Kier alpha value is -1.48. The largest absolute Gasteiger partial charge is 0.433 e. The molecule has 0 spiro atoms. The van der Waals surface area contributed by atoms with E-state index in [0.29, 0.717) is 17.7 Å². The van der Waals surface area contributed by atoms with Gasteiger partial charge < -0.3 is 0 Å². The minimum absolute atomic E-state index is 0.0213. The molecule has 1 aromatic rings. The van der Waals surface area contributed by atoms with Crippen LogP contribution in [0.15, 0.2) is 18.3 Å². The predicted octanol–water partition coefficient (Wildman–Crippen LogP) is 3.12. The number of pyridine rings is 1. The smallest absolute Gasteiger partial charge is 0.288 e. The Kier molecular flexibility index (Phi) is 5.23. The molecule has 0 aliphatic rings. The first-order chi connectivity index (χ1) is 8.39. The first-order valence-electron chi connectivity index (χ1n) is 5.05. The molecule has 0 N–H and O–H groups in total. The van der Waals surface area contributed by atoms with Gasteiger partial charge in [-0.1, -0.05) is 23.6 Å². The van der Waals surface area contributed by atoms with E-state index in [0.717, 1.165) is 12.3 Å². The van der Waals surface area contributed by atoms with Gasteiger partial charge in [-0.25, -0.2) is 0 Å². The summed E-state index contributed by atoms with van der Waals surface area (Å²) in [4.78, 5) is 13.9. The molecule has 0 fully saturated rings. The molecule has 0 saturated heterocycles. The number of aromatic nitrogens is 1. The number of hydrogen-bond acceptors (Lipinski definition) is 3. The van der Waals surface area contributed by atoms with Crippen molar-refractivity contribution < 1.29 is 18.0 Å². The molecule has 0 aliphatic carbocycles. The lowest BCUT2D eigenvalue weighted by Crippen LogP contribution is -2.07. The van der Waals surface area contributed by atoms with Crippen LogP contribution in [0.25, 0.3) is 0 Å². The van der Waals surface area contributed by atoms with E-state index in [1.165, 1.54) is 24.8 Å². The fourth-order valence-electron chi connectivity index (χ4n) is 1.05. The summed E-state index contributed by atoms with van der Waals surface area (Å²) in [6, 6.07) is 2.18. The summed E-state index contributed by atoms with van der Waals surface area (Å²) in [5, 5.41) is 0.0213. The molecule has 6 heteroatoms. The molecule has 1 aromatic heterocycles. The van der Waals surface area contributed by atoms with Gasteiger partial charge in [0.15, 0.2) is 5.12 Å². The summed E-state index contributed by atoms with van der Waals surface area (Å²) in [5.74, 6) is 6.04. The minimum Gasteiger partial charge on any atom is -0.288 e. The van der Waals surface area contributed by atoms with Crippen molar-refractivity contribution in [3.05, 3.63) is 29.6 Å². The van der Waals surface area contributed by atoms with E-state index in [-0.39, 0.29) is 5.12 Å². The van der Waals surface area contributed by atoms with E-state index in [9.17, 15) is 18.0 Å². The van der Waals surface area contributed by atoms with E-state index < -0.39 is 11.9 Å². The third-order valence-corrected chi connectivity index (χ3v) is 2.63. The predicted molar refractivity (Wildman–Crippen MR) is 63.9 cm³/mol. The topological polar surface area (TPSA) is 30.0 Å². The fourth-order valence-corrected chi connectivity index (χ4v) is 1.54. The van der Waals surface area contributed by atoms with Crippen molar-refractivity contribution in [1.82, 2.24) is 4.98 Å². The number of rotatable bonds is 2. The van der Waals surface area contributed by atoms with Crippen molar-refractivity contribution in [3.8, 4) is 11.8 Å². The highest BCUT2D eigenvalue weighted by Crippen LogP contribution is 2.26. The summed E-state index contributed by atoms with van der Waals surface area (Å²) in [6.07, 6.45) is -2.83. The Morgan fingerprint density at radius 2 is 2.17 bits per heavy atom. The van der Waals surface area contributed by atoms with E-state index in [2.05, 4.69) is 16.8 Å². The highest BCUT2D eigenvalue weighted by molar-refractivity contribution is 8.13. The Labute approximate surface area is 107 Å². The molecule has 96 valence electrons. The molecule has 1 heterocycles. The van der Waals surface area contributed by atoms with Gasteiger partial charge in [0.25, 0.3) is 0 Å². The number of hydrogen-bond donors (Lipinski definition) is 0. The molecule has 0 unspecified atom stereocenters. The molecule has 0 saturated carbocycles. The Bertz CT molecular complexity index is 471. The van der Waals surface area contributed by atoms with Crippen molar-refractivity contribution in [2.75, 3.05) is 5.75 Å². The van der Waals surface area contributed by atoms with Gasteiger partial charge in [-0.3, -0.25) is 9.78 Å². The van der Waals surface area contributed by atoms with Crippen LogP contribution in [0.4, 0.5) is 13.2 Å². The number of carbonyl (C=O) groups is 1. The van der Waals surface area contributed by atoms with Crippen LogP contribution in [-0.2, 0) is 11.0 Å². The lowest BCUT2D eigenvalue weighted by Gasteiger charge is -2.03. The summed E-state index contributed by atoms with van der Waals surface area (Å²) in [5.41, 5.74) is -0.504. The van der Waals surface area contributed by atoms with Crippen LogP contribution in [0.5, 0.6) is 0 Å². The van der Waals surface area contributed by atoms with Gasteiger partial charge in [0.2, 0.25) is 0 Å². The highest BCUT2D eigenvalue weighted by atomic mass is 32.2. The Morgan fingerprint density at radius 1 is 1.44 bits per heavy atom. The monoisotopic (exact) mass is 273 g/mol. The molecule has 0 radical (unpaired) electrons. The van der Waals surface area contributed by atoms with E-state index in [1.807, 2.05) is 0 Å². The number of thioether (sulfide) groups is 1. The SMILES string of the molecule is CC(=O)SCCC#Cc1ccc(C(F)(F)F)nc1. The lowest BCUT2D eigenvalue weighted by atomic mass is 10.2. The van der Waals surface area contributed by atoms with Crippen LogP contribution in [0.2, 0.25) is 0 Å². The third kappa shape index (κ3) is 5.23. The molecule has 0 aliphatic heterocycles. The Morgan fingerprint density at radius 3 is 2.67 bits per heavy atom. The van der Waals surface area contributed by atoms with Crippen LogP contribution in [0, 0.1) is 11.8 Å².